The molecule has 0 saturated heterocycles. The summed E-state index contributed by atoms with van der Waals surface area (Å²) >= 11 is 0. The third kappa shape index (κ3) is 1.53. The minimum absolute atomic E-state index is 0.203. The first-order chi connectivity index (χ1) is 5.15. The lowest BCUT2D eigenvalue weighted by atomic mass is 10.1. The van der Waals surface area contributed by atoms with E-state index in [1.54, 1.807) is 0 Å². The van der Waals surface area contributed by atoms with Crippen LogP contribution in [0.25, 0.3) is 0 Å². The topological polar surface area (TPSA) is 43.4 Å². The van der Waals surface area contributed by atoms with E-state index in [4.69, 9.17) is 4.42 Å². The molecule has 0 amide bonds. The zero-order valence-corrected chi connectivity index (χ0v) is 6.72. The van der Waals surface area contributed by atoms with Crippen molar-refractivity contribution in [2.45, 2.75) is 26.2 Å². The van der Waals surface area contributed by atoms with E-state index < -0.39 is 5.82 Å². The lowest BCUT2D eigenvalue weighted by molar-refractivity contribution is 0.363. The van der Waals surface area contributed by atoms with Crippen LogP contribution in [0.15, 0.2) is 13.6 Å². The highest BCUT2D eigenvalue weighted by Gasteiger charge is 2.13. The van der Waals surface area contributed by atoms with Crippen LogP contribution in [0.5, 0.6) is 0 Å². The summed E-state index contributed by atoms with van der Waals surface area (Å²) < 4.78 is 9.39. The fourth-order valence-corrected chi connectivity index (χ4v) is 0.879. The SMILES string of the molecule is [CH2]c1oc(=O)oc1C(C)CC. The van der Waals surface area contributed by atoms with Gasteiger partial charge < -0.3 is 8.83 Å². The van der Waals surface area contributed by atoms with Gasteiger partial charge in [-0.25, -0.2) is 4.79 Å². The highest BCUT2D eigenvalue weighted by atomic mass is 16.6. The zero-order valence-electron chi connectivity index (χ0n) is 6.72. The number of hydrogen-bond donors (Lipinski definition) is 0. The van der Waals surface area contributed by atoms with E-state index in [0.29, 0.717) is 11.5 Å². The molecule has 0 aromatic carbocycles. The van der Waals surface area contributed by atoms with Crippen molar-refractivity contribution in [3.05, 3.63) is 29.1 Å². The molecule has 1 radical (unpaired) electrons. The summed E-state index contributed by atoms with van der Waals surface area (Å²) in [6.07, 6.45) is 0.908. The van der Waals surface area contributed by atoms with E-state index in [1.165, 1.54) is 0 Å². The molecule has 1 unspecified atom stereocenters. The predicted octanol–water partition coefficient (Wildman–Crippen LogP) is 1.93. The summed E-state index contributed by atoms with van der Waals surface area (Å²) in [5.41, 5.74) is 0. The third-order valence-corrected chi connectivity index (χ3v) is 1.73. The van der Waals surface area contributed by atoms with Gasteiger partial charge in [0.25, 0.3) is 0 Å². The summed E-state index contributed by atoms with van der Waals surface area (Å²) in [6.45, 7) is 7.52. The molecule has 0 aliphatic rings. The minimum Gasteiger partial charge on any atom is -0.396 e. The van der Waals surface area contributed by atoms with E-state index in [0.717, 1.165) is 6.42 Å². The van der Waals surface area contributed by atoms with E-state index in [-0.39, 0.29) is 5.92 Å². The average Bonchev–Trinajstić information content (AvgIpc) is 2.28. The Morgan fingerprint density at radius 2 is 2.18 bits per heavy atom. The van der Waals surface area contributed by atoms with E-state index in [9.17, 15) is 4.79 Å². The molecule has 1 atom stereocenters. The molecule has 0 spiro atoms. The highest BCUT2D eigenvalue weighted by Crippen LogP contribution is 2.20. The molecule has 0 aliphatic heterocycles. The average molecular weight is 155 g/mol. The Labute approximate surface area is 65.0 Å². The van der Waals surface area contributed by atoms with Crippen LogP contribution in [0.4, 0.5) is 0 Å². The van der Waals surface area contributed by atoms with Crippen LogP contribution in [0.1, 0.15) is 37.7 Å². The van der Waals surface area contributed by atoms with E-state index in [1.807, 2.05) is 13.8 Å². The quantitative estimate of drug-likeness (QED) is 0.655. The number of hydrogen-bond acceptors (Lipinski definition) is 3. The zero-order chi connectivity index (χ0) is 8.43. The number of rotatable bonds is 2. The maximum absolute atomic E-state index is 10.6. The van der Waals surface area contributed by atoms with E-state index >= 15 is 0 Å². The molecule has 0 aliphatic carbocycles. The Hall–Kier alpha value is -0.990. The van der Waals surface area contributed by atoms with Crippen molar-refractivity contribution in [3.63, 3.8) is 0 Å². The molecule has 0 N–H and O–H groups in total. The summed E-state index contributed by atoms with van der Waals surface area (Å²) in [6, 6.07) is 0. The molecular weight excluding hydrogens is 144 g/mol. The van der Waals surface area contributed by atoms with Crippen LogP contribution >= 0.6 is 0 Å². The predicted molar refractivity (Wildman–Crippen MR) is 40.4 cm³/mol. The standard InChI is InChI=1S/C8H11O3/c1-4-5(2)7-6(3)10-8(9)11-7/h5H,3-4H2,1-2H3. The Kier molecular flexibility index (Phi) is 2.17. The maximum Gasteiger partial charge on any atom is 0.519 e. The van der Waals surface area contributed by atoms with Crippen molar-refractivity contribution in [2.24, 2.45) is 0 Å². The normalized spacial score (nSPS) is 13.4. The fourth-order valence-electron chi connectivity index (χ4n) is 0.879. The second-order valence-electron chi connectivity index (χ2n) is 2.55. The molecule has 1 heterocycles. The molecule has 0 saturated carbocycles. The first-order valence-corrected chi connectivity index (χ1v) is 3.61. The van der Waals surface area contributed by atoms with E-state index in [2.05, 4.69) is 11.3 Å². The second kappa shape index (κ2) is 2.95. The summed E-state index contributed by atoms with van der Waals surface area (Å²) in [7, 11) is 0. The Bertz CT molecular complexity index is 282. The summed E-state index contributed by atoms with van der Waals surface area (Å²) in [5.74, 6) is 0.459. The molecule has 0 bridgehead atoms. The molecule has 0 fully saturated rings. The van der Waals surface area contributed by atoms with Crippen molar-refractivity contribution in [1.29, 1.82) is 0 Å². The van der Waals surface area contributed by atoms with Gasteiger partial charge in [-0.3, -0.25) is 0 Å². The monoisotopic (exact) mass is 155 g/mol. The van der Waals surface area contributed by atoms with Crippen molar-refractivity contribution >= 4 is 0 Å². The minimum atomic E-state index is -0.662. The molecule has 3 nitrogen and oxygen atoms in total. The lowest BCUT2D eigenvalue weighted by Gasteiger charge is -2.01. The van der Waals surface area contributed by atoms with Crippen molar-refractivity contribution in [3.8, 4) is 0 Å². The summed E-state index contributed by atoms with van der Waals surface area (Å²) in [4.78, 5) is 10.6. The smallest absolute Gasteiger partial charge is 0.396 e. The van der Waals surface area contributed by atoms with Crippen LogP contribution in [0, 0.1) is 6.92 Å². The van der Waals surface area contributed by atoms with Crippen molar-refractivity contribution < 1.29 is 8.83 Å². The molecule has 1 aromatic rings. The lowest BCUT2D eigenvalue weighted by Crippen LogP contribution is -1.91. The highest BCUT2D eigenvalue weighted by molar-refractivity contribution is 5.10. The first kappa shape index (κ1) is 8.11. The Balaban J connectivity index is 3.02. The van der Waals surface area contributed by atoms with Gasteiger partial charge in [-0.2, -0.15) is 0 Å². The maximum atomic E-state index is 10.6. The summed E-state index contributed by atoms with van der Waals surface area (Å²) in [5, 5.41) is 0. The third-order valence-electron chi connectivity index (χ3n) is 1.73. The van der Waals surface area contributed by atoms with Crippen molar-refractivity contribution in [2.75, 3.05) is 0 Å². The van der Waals surface area contributed by atoms with Gasteiger partial charge >= 0.3 is 5.82 Å². The molecule has 61 valence electrons. The van der Waals surface area contributed by atoms with Gasteiger partial charge in [-0.15, -0.1) is 0 Å². The molecule has 1 rings (SSSR count). The van der Waals surface area contributed by atoms with Gasteiger partial charge in [0, 0.05) is 12.8 Å². The molecule has 1 aromatic heterocycles. The molecular formula is C8H11O3. The Morgan fingerprint density at radius 3 is 2.55 bits per heavy atom. The van der Waals surface area contributed by atoms with Crippen LogP contribution in [-0.4, -0.2) is 0 Å². The van der Waals surface area contributed by atoms with Crippen LogP contribution in [-0.2, 0) is 0 Å². The van der Waals surface area contributed by atoms with Crippen LogP contribution < -0.4 is 5.82 Å². The Morgan fingerprint density at radius 1 is 1.55 bits per heavy atom. The van der Waals surface area contributed by atoms with Gasteiger partial charge in [0.1, 0.15) is 0 Å². The first-order valence-electron chi connectivity index (χ1n) is 3.61. The van der Waals surface area contributed by atoms with Gasteiger partial charge in [-0.1, -0.05) is 13.8 Å². The van der Waals surface area contributed by atoms with Gasteiger partial charge in [0.2, 0.25) is 0 Å². The largest absolute Gasteiger partial charge is 0.519 e. The van der Waals surface area contributed by atoms with Gasteiger partial charge in [0.15, 0.2) is 11.5 Å². The van der Waals surface area contributed by atoms with Gasteiger partial charge in [0.05, 0.1) is 0 Å². The van der Waals surface area contributed by atoms with Crippen molar-refractivity contribution in [1.82, 2.24) is 0 Å². The second-order valence-corrected chi connectivity index (χ2v) is 2.55. The van der Waals surface area contributed by atoms with Gasteiger partial charge in [-0.05, 0) is 6.42 Å². The van der Waals surface area contributed by atoms with Crippen LogP contribution in [0.3, 0.4) is 0 Å². The fraction of sp³-hybridized carbons (Fsp3) is 0.500. The van der Waals surface area contributed by atoms with Crippen LogP contribution in [0.2, 0.25) is 0 Å². The molecule has 11 heavy (non-hydrogen) atoms. The molecule has 3 heteroatoms.